The van der Waals surface area contributed by atoms with E-state index in [-0.39, 0.29) is 17.6 Å². The van der Waals surface area contributed by atoms with Crippen LogP contribution in [0.5, 0.6) is 5.75 Å². The lowest BCUT2D eigenvalue weighted by Gasteiger charge is -2.33. The van der Waals surface area contributed by atoms with Crippen molar-refractivity contribution in [3.63, 3.8) is 0 Å². The SMILES string of the molecule is Cc1ccc2nc(C)n(-c3ccc(OC4CCN(C(=O)C5CCCC5)CC4)cc3)c(=O)c2c1. The first-order valence-electron chi connectivity index (χ1n) is 12.1. The zero-order valence-electron chi connectivity index (χ0n) is 19.4. The van der Waals surface area contributed by atoms with Crippen molar-refractivity contribution >= 4 is 16.8 Å². The molecule has 33 heavy (non-hydrogen) atoms. The Hall–Kier alpha value is -3.15. The molecule has 1 aromatic heterocycles. The van der Waals surface area contributed by atoms with Crippen LogP contribution in [0.3, 0.4) is 0 Å². The Morgan fingerprint density at radius 1 is 0.970 bits per heavy atom. The van der Waals surface area contributed by atoms with Crippen molar-refractivity contribution in [2.24, 2.45) is 5.92 Å². The molecule has 0 bridgehead atoms. The molecule has 0 N–H and O–H groups in total. The highest BCUT2D eigenvalue weighted by molar-refractivity contribution is 5.79. The molecule has 1 amide bonds. The second-order valence-electron chi connectivity index (χ2n) is 9.44. The zero-order valence-corrected chi connectivity index (χ0v) is 19.4. The number of benzene rings is 2. The van der Waals surface area contributed by atoms with E-state index in [1.54, 1.807) is 4.57 Å². The van der Waals surface area contributed by atoms with Crippen LogP contribution in [0.4, 0.5) is 0 Å². The van der Waals surface area contributed by atoms with Crippen LogP contribution in [-0.2, 0) is 4.79 Å². The third-order valence-electron chi connectivity index (χ3n) is 7.05. The number of carbonyl (C=O) groups is 1. The molecule has 3 aromatic rings. The number of fused-ring (bicyclic) bond motifs is 1. The smallest absolute Gasteiger partial charge is 0.265 e. The van der Waals surface area contributed by atoms with E-state index in [9.17, 15) is 9.59 Å². The average molecular weight is 446 g/mol. The maximum absolute atomic E-state index is 13.1. The van der Waals surface area contributed by atoms with Gasteiger partial charge in [-0.3, -0.25) is 14.2 Å². The maximum atomic E-state index is 13.1. The molecule has 6 nitrogen and oxygen atoms in total. The summed E-state index contributed by atoms with van der Waals surface area (Å²) >= 11 is 0. The van der Waals surface area contributed by atoms with E-state index in [0.29, 0.717) is 17.1 Å². The largest absolute Gasteiger partial charge is 0.490 e. The van der Waals surface area contributed by atoms with Gasteiger partial charge >= 0.3 is 0 Å². The first kappa shape index (κ1) is 21.7. The zero-order chi connectivity index (χ0) is 22.9. The Bertz CT molecular complexity index is 1220. The molecule has 1 aliphatic carbocycles. The van der Waals surface area contributed by atoms with Crippen molar-refractivity contribution in [3.05, 3.63) is 64.2 Å². The highest BCUT2D eigenvalue weighted by Gasteiger charge is 2.30. The molecule has 2 fully saturated rings. The van der Waals surface area contributed by atoms with Crippen LogP contribution >= 0.6 is 0 Å². The van der Waals surface area contributed by atoms with Gasteiger partial charge in [0.15, 0.2) is 0 Å². The lowest BCUT2D eigenvalue weighted by Crippen LogP contribution is -2.43. The van der Waals surface area contributed by atoms with Crippen LogP contribution in [0.2, 0.25) is 0 Å². The van der Waals surface area contributed by atoms with Gasteiger partial charge in [0, 0.05) is 31.8 Å². The monoisotopic (exact) mass is 445 g/mol. The van der Waals surface area contributed by atoms with Crippen molar-refractivity contribution < 1.29 is 9.53 Å². The summed E-state index contributed by atoms with van der Waals surface area (Å²) < 4.78 is 7.86. The van der Waals surface area contributed by atoms with Crippen molar-refractivity contribution in [3.8, 4) is 11.4 Å². The highest BCUT2D eigenvalue weighted by Crippen LogP contribution is 2.28. The van der Waals surface area contributed by atoms with E-state index in [1.807, 2.05) is 61.2 Å². The third kappa shape index (κ3) is 4.39. The van der Waals surface area contributed by atoms with Crippen molar-refractivity contribution in [1.29, 1.82) is 0 Å². The number of hydrogen-bond acceptors (Lipinski definition) is 4. The van der Waals surface area contributed by atoms with Crippen molar-refractivity contribution in [1.82, 2.24) is 14.5 Å². The summed E-state index contributed by atoms with van der Waals surface area (Å²) in [5, 5.41) is 0.625. The Morgan fingerprint density at radius 2 is 1.67 bits per heavy atom. The highest BCUT2D eigenvalue weighted by atomic mass is 16.5. The van der Waals surface area contributed by atoms with Crippen molar-refractivity contribution in [2.75, 3.05) is 13.1 Å². The number of nitrogens with zero attached hydrogens (tertiary/aromatic N) is 3. The van der Waals surface area contributed by atoms with Gasteiger partial charge in [0.25, 0.3) is 5.56 Å². The lowest BCUT2D eigenvalue weighted by molar-refractivity contribution is -0.137. The number of rotatable bonds is 4. The third-order valence-corrected chi connectivity index (χ3v) is 7.05. The van der Waals surface area contributed by atoms with Gasteiger partial charge in [-0.25, -0.2) is 4.98 Å². The number of likely N-dealkylation sites (tertiary alicyclic amines) is 1. The molecule has 1 saturated carbocycles. The fourth-order valence-corrected chi connectivity index (χ4v) is 5.21. The topological polar surface area (TPSA) is 64.4 Å². The summed E-state index contributed by atoms with van der Waals surface area (Å²) in [5.74, 6) is 2.03. The standard InChI is InChI=1S/C27H31N3O3/c1-18-7-12-25-24(17-18)27(32)30(19(2)28-25)21-8-10-22(11-9-21)33-23-13-15-29(16-14-23)26(31)20-5-3-4-6-20/h7-12,17,20,23H,3-6,13-16H2,1-2H3. The molecule has 0 unspecified atom stereocenters. The van der Waals surface area contributed by atoms with Gasteiger partial charge in [-0.1, -0.05) is 24.5 Å². The van der Waals surface area contributed by atoms with Gasteiger partial charge in [0.05, 0.1) is 16.6 Å². The molecule has 5 rings (SSSR count). The van der Waals surface area contributed by atoms with E-state index in [1.165, 1.54) is 12.8 Å². The average Bonchev–Trinajstić information content (AvgIpc) is 3.36. The first-order valence-corrected chi connectivity index (χ1v) is 12.1. The van der Waals surface area contributed by atoms with Gasteiger partial charge in [-0.05, 0) is 63.1 Å². The number of piperidine rings is 1. The summed E-state index contributed by atoms with van der Waals surface area (Å²) in [6, 6.07) is 13.4. The number of aromatic nitrogens is 2. The van der Waals surface area contributed by atoms with Gasteiger partial charge in [0.1, 0.15) is 17.7 Å². The predicted molar refractivity (Wildman–Crippen MR) is 129 cm³/mol. The van der Waals surface area contributed by atoms with Gasteiger partial charge < -0.3 is 9.64 Å². The molecule has 172 valence electrons. The Morgan fingerprint density at radius 3 is 2.36 bits per heavy atom. The van der Waals surface area contributed by atoms with Crippen LogP contribution in [0.15, 0.2) is 47.3 Å². The molecule has 2 aromatic carbocycles. The van der Waals surface area contributed by atoms with Crippen LogP contribution < -0.4 is 10.3 Å². The number of carbonyl (C=O) groups excluding carboxylic acids is 1. The Balaban J connectivity index is 1.26. The lowest BCUT2D eigenvalue weighted by atomic mass is 10.0. The molecule has 6 heteroatoms. The van der Waals surface area contributed by atoms with Gasteiger partial charge in [0.2, 0.25) is 5.91 Å². The fourth-order valence-electron chi connectivity index (χ4n) is 5.21. The fraction of sp³-hybridized carbons (Fsp3) is 0.444. The van der Waals surface area contributed by atoms with E-state index < -0.39 is 0 Å². The maximum Gasteiger partial charge on any atom is 0.265 e. The summed E-state index contributed by atoms with van der Waals surface area (Å²) in [7, 11) is 0. The van der Waals surface area contributed by atoms with E-state index in [2.05, 4.69) is 4.98 Å². The summed E-state index contributed by atoms with van der Waals surface area (Å²) in [6.07, 6.45) is 6.30. The van der Waals surface area contributed by atoms with Crippen molar-refractivity contribution in [2.45, 2.75) is 58.5 Å². The van der Waals surface area contributed by atoms with Crippen LogP contribution in [0.25, 0.3) is 16.6 Å². The molecule has 2 heterocycles. The molecular formula is C27H31N3O3. The molecule has 0 spiro atoms. The van der Waals surface area contributed by atoms with Gasteiger partial charge in [-0.2, -0.15) is 0 Å². The Labute approximate surface area is 194 Å². The minimum atomic E-state index is -0.0610. The number of hydrogen-bond donors (Lipinski definition) is 0. The number of aryl methyl sites for hydroxylation is 2. The van der Waals surface area contributed by atoms with Crippen LogP contribution in [0.1, 0.15) is 49.9 Å². The normalized spacial score (nSPS) is 17.6. The molecule has 0 radical (unpaired) electrons. The second kappa shape index (κ2) is 9.00. The molecule has 1 saturated heterocycles. The van der Waals surface area contributed by atoms with Crippen LogP contribution in [-0.4, -0.2) is 39.6 Å². The molecule has 1 aliphatic heterocycles. The summed E-state index contributed by atoms with van der Waals surface area (Å²) in [6.45, 7) is 5.37. The minimum absolute atomic E-state index is 0.0610. The summed E-state index contributed by atoms with van der Waals surface area (Å²) in [5.41, 5.74) is 2.47. The van der Waals surface area contributed by atoms with Gasteiger partial charge in [-0.15, -0.1) is 0 Å². The predicted octanol–water partition coefficient (Wildman–Crippen LogP) is 4.56. The molecule has 2 aliphatic rings. The van der Waals surface area contributed by atoms with E-state index in [0.717, 1.165) is 61.3 Å². The summed E-state index contributed by atoms with van der Waals surface area (Å²) in [4.78, 5) is 32.4. The van der Waals surface area contributed by atoms with E-state index >= 15 is 0 Å². The first-order chi connectivity index (χ1) is 16.0. The molecular weight excluding hydrogens is 414 g/mol. The second-order valence-corrected chi connectivity index (χ2v) is 9.44. The number of amides is 1. The quantitative estimate of drug-likeness (QED) is 0.590. The Kier molecular flexibility index (Phi) is 5.92. The molecule has 0 atom stereocenters. The van der Waals surface area contributed by atoms with Crippen LogP contribution in [0, 0.1) is 19.8 Å². The minimum Gasteiger partial charge on any atom is -0.490 e. The number of ether oxygens (including phenoxy) is 1. The van der Waals surface area contributed by atoms with E-state index in [4.69, 9.17) is 4.74 Å².